The molecule has 0 heterocycles. The molecule has 0 aliphatic rings. The zero-order valence-corrected chi connectivity index (χ0v) is 14.2. The van der Waals surface area contributed by atoms with Gasteiger partial charge in [0.2, 0.25) is 0 Å². The van der Waals surface area contributed by atoms with Gasteiger partial charge in [0.15, 0.2) is 0 Å². The number of rotatable bonds is 4. The molecule has 0 saturated heterocycles. The minimum atomic E-state index is -0.261. The Morgan fingerprint density at radius 3 is 2.33 bits per heavy atom. The number of hydrogen-bond acceptors (Lipinski definition) is 2. The van der Waals surface area contributed by atoms with Crippen LogP contribution in [-0.2, 0) is 0 Å². The van der Waals surface area contributed by atoms with Crippen LogP contribution in [0.2, 0.25) is 0 Å². The maximum absolute atomic E-state index is 13.5. The molecule has 2 aromatic rings. The van der Waals surface area contributed by atoms with Crippen LogP contribution in [0.25, 0.3) is 0 Å². The van der Waals surface area contributed by atoms with E-state index < -0.39 is 0 Å². The molecule has 0 fully saturated rings. The lowest BCUT2D eigenvalue weighted by atomic mass is 10.1. The average Bonchev–Trinajstić information content (AvgIpc) is 2.45. The molecular weight excluding hydrogens is 333 g/mol. The lowest BCUT2D eigenvalue weighted by Crippen LogP contribution is -2.13. The number of halogens is 2. The van der Waals surface area contributed by atoms with Crippen LogP contribution in [0.4, 0.5) is 4.39 Å². The fourth-order valence-electron chi connectivity index (χ4n) is 2.20. The van der Waals surface area contributed by atoms with Gasteiger partial charge >= 0.3 is 0 Å². The van der Waals surface area contributed by atoms with Crippen LogP contribution < -0.4 is 10.1 Å². The van der Waals surface area contributed by atoms with Gasteiger partial charge in [0.05, 0.1) is 0 Å². The Balaban J connectivity index is 2.40. The molecule has 0 aromatic heterocycles. The second-order valence-electron chi connectivity index (χ2n) is 5.17. The van der Waals surface area contributed by atoms with E-state index in [0.717, 1.165) is 26.9 Å². The Morgan fingerprint density at radius 1 is 1.14 bits per heavy atom. The zero-order chi connectivity index (χ0) is 15.6. The second-order valence-corrected chi connectivity index (χ2v) is 5.96. The summed E-state index contributed by atoms with van der Waals surface area (Å²) in [6.45, 7) is 6.01. The molecule has 1 unspecified atom stereocenters. The zero-order valence-electron chi connectivity index (χ0n) is 12.6. The van der Waals surface area contributed by atoms with Gasteiger partial charge in [0, 0.05) is 16.1 Å². The van der Waals surface area contributed by atoms with Crippen LogP contribution in [0, 0.1) is 19.7 Å². The van der Waals surface area contributed by atoms with Gasteiger partial charge in [-0.25, -0.2) is 4.39 Å². The van der Waals surface area contributed by atoms with Crippen LogP contribution in [-0.4, -0.2) is 7.05 Å². The first-order chi connectivity index (χ1) is 9.92. The monoisotopic (exact) mass is 351 g/mol. The Bertz CT molecular complexity index is 634. The van der Waals surface area contributed by atoms with Crippen LogP contribution in [0.15, 0.2) is 34.8 Å². The van der Waals surface area contributed by atoms with Crippen molar-refractivity contribution in [3.8, 4) is 11.5 Å². The third-order valence-corrected chi connectivity index (χ3v) is 4.76. The molecule has 0 amide bonds. The summed E-state index contributed by atoms with van der Waals surface area (Å²) >= 11 is 3.54. The molecule has 2 aromatic carbocycles. The predicted octanol–water partition coefficient (Wildman–Crippen LogP) is 5.28. The van der Waals surface area contributed by atoms with E-state index >= 15 is 0 Å². The fraction of sp³-hybridized carbons (Fsp3) is 0.294. The van der Waals surface area contributed by atoms with Crippen molar-refractivity contribution in [3.63, 3.8) is 0 Å². The highest BCUT2D eigenvalue weighted by Gasteiger charge is 2.13. The van der Waals surface area contributed by atoms with Gasteiger partial charge in [-0.3, -0.25) is 0 Å². The summed E-state index contributed by atoms with van der Waals surface area (Å²) in [6.07, 6.45) is 0. The fourth-order valence-corrected chi connectivity index (χ4v) is 2.43. The topological polar surface area (TPSA) is 21.3 Å². The Hall–Kier alpha value is -1.39. The molecule has 0 aliphatic carbocycles. The van der Waals surface area contributed by atoms with E-state index in [1.165, 1.54) is 12.1 Å². The molecule has 112 valence electrons. The molecule has 0 saturated carbocycles. The Morgan fingerprint density at radius 2 is 1.76 bits per heavy atom. The van der Waals surface area contributed by atoms with E-state index in [4.69, 9.17) is 4.74 Å². The number of ether oxygens (including phenoxy) is 1. The molecule has 2 nitrogen and oxygen atoms in total. The molecular formula is C17H19BrFNO. The van der Waals surface area contributed by atoms with Crippen molar-refractivity contribution < 1.29 is 9.13 Å². The summed E-state index contributed by atoms with van der Waals surface area (Å²) in [5.41, 5.74) is 3.02. The van der Waals surface area contributed by atoms with E-state index in [1.54, 1.807) is 6.07 Å². The summed E-state index contributed by atoms with van der Waals surface area (Å²) < 4.78 is 20.5. The average molecular weight is 352 g/mol. The second kappa shape index (κ2) is 6.58. The van der Waals surface area contributed by atoms with Crippen LogP contribution in [0.1, 0.15) is 29.7 Å². The van der Waals surface area contributed by atoms with Gasteiger partial charge < -0.3 is 10.1 Å². The minimum absolute atomic E-state index is 0.00772. The minimum Gasteiger partial charge on any atom is -0.457 e. The summed E-state index contributed by atoms with van der Waals surface area (Å²) in [5.74, 6) is 1.16. The van der Waals surface area contributed by atoms with Crippen LogP contribution in [0.3, 0.4) is 0 Å². The maximum atomic E-state index is 13.5. The lowest BCUT2D eigenvalue weighted by molar-refractivity contribution is 0.462. The SMILES string of the molecule is CNC(C)c1cc(F)ccc1Oc1cc(C)c(Br)c(C)c1. The third-order valence-electron chi connectivity index (χ3n) is 3.51. The lowest BCUT2D eigenvalue weighted by Gasteiger charge is -2.17. The molecule has 0 spiro atoms. The quantitative estimate of drug-likeness (QED) is 0.809. The standard InChI is InChI=1S/C17H19BrFNO/c1-10-7-14(8-11(2)17(10)18)21-16-6-5-13(19)9-15(16)12(3)20-4/h5-9,12,20H,1-4H3. The van der Waals surface area contributed by atoms with Gasteiger partial charge in [-0.05, 0) is 69.3 Å². The molecule has 4 heteroatoms. The molecule has 21 heavy (non-hydrogen) atoms. The van der Waals surface area contributed by atoms with E-state index in [-0.39, 0.29) is 11.9 Å². The molecule has 1 atom stereocenters. The van der Waals surface area contributed by atoms with Gasteiger partial charge in [-0.15, -0.1) is 0 Å². The highest BCUT2D eigenvalue weighted by molar-refractivity contribution is 9.10. The van der Waals surface area contributed by atoms with Crippen LogP contribution in [0.5, 0.6) is 11.5 Å². The summed E-state index contributed by atoms with van der Waals surface area (Å²) in [4.78, 5) is 0. The third kappa shape index (κ3) is 3.63. The van der Waals surface area contributed by atoms with Crippen molar-refractivity contribution in [1.29, 1.82) is 0 Å². The largest absolute Gasteiger partial charge is 0.457 e. The molecule has 0 bridgehead atoms. The Labute approximate surface area is 133 Å². The summed E-state index contributed by atoms with van der Waals surface area (Å²) in [7, 11) is 1.84. The van der Waals surface area contributed by atoms with E-state index in [2.05, 4.69) is 21.2 Å². The smallest absolute Gasteiger partial charge is 0.132 e. The van der Waals surface area contributed by atoms with Crippen molar-refractivity contribution >= 4 is 15.9 Å². The first-order valence-electron chi connectivity index (χ1n) is 6.83. The van der Waals surface area contributed by atoms with E-state index in [0.29, 0.717) is 5.75 Å². The van der Waals surface area contributed by atoms with Crippen molar-refractivity contribution in [3.05, 3.63) is 57.3 Å². The van der Waals surface area contributed by atoms with Crippen molar-refractivity contribution in [2.75, 3.05) is 7.05 Å². The highest BCUT2D eigenvalue weighted by Crippen LogP contribution is 2.33. The first kappa shape index (κ1) is 16.0. The number of nitrogens with one attached hydrogen (secondary N) is 1. The first-order valence-corrected chi connectivity index (χ1v) is 7.63. The number of benzene rings is 2. The van der Waals surface area contributed by atoms with Gasteiger partial charge in [-0.1, -0.05) is 15.9 Å². The number of aryl methyl sites for hydroxylation is 2. The van der Waals surface area contributed by atoms with Gasteiger partial charge in [-0.2, -0.15) is 0 Å². The number of hydrogen-bond donors (Lipinski definition) is 1. The molecule has 0 radical (unpaired) electrons. The van der Waals surface area contributed by atoms with Crippen molar-refractivity contribution in [1.82, 2.24) is 5.32 Å². The van der Waals surface area contributed by atoms with Gasteiger partial charge in [0.25, 0.3) is 0 Å². The van der Waals surface area contributed by atoms with E-state index in [9.17, 15) is 4.39 Å². The summed E-state index contributed by atoms with van der Waals surface area (Å²) in [5, 5.41) is 3.11. The summed E-state index contributed by atoms with van der Waals surface area (Å²) in [6, 6.07) is 8.54. The van der Waals surface area contributed by atoms with Crippen LogP contribution >= 0.6 is 15.9 Å². The van der Waals surface area contributed by atoms with Gasteiger partial charge in [0.1, 0.15) is 17.3 Å². The molecule has 0 aliphatic heterocycles. The van der Waals surface area contributed by atoms with Crippen molar-refractivity contribution in [2.24, 2.45) is 0 Å². The van der Waals surface area contributed by atoms with E-state index in [1.807, 2.05) is 40.0 Å². The maximum Gasteiger partial charge on any atom is 0.132 e. The molecule has 2 rings (SSSR count). The predicted molar refractivity (Wildman–Crippen MR) is 87.6 cm³/mol. The Kier molecular flexibility index (Phi) is 5.01. The highest BCUT2D eigenvalue weighted by atomic mass is 79.9. The normalized spacial score (nSPS) is 12.3. The molecule has 1 N–H and O–H groups in total. The van der Waals surface area contributed by atoms with Crippen molar-refractivity contribution in [2.45, 2.75) is 26.8 Å².